The van der Waals surface area contributed by atoms with Gasteiger partial charge in [-0.25, -0.2) is 27.9 Å². The van der Waals surface area contributed by atoms with E-state index in [1.807, 2.05) is 4.90 Å². The quantitative estimate of drug-likeness (QED) is 0.508. The van der Waals surface area contributed by atoms with Crippen LogP contribution in [0.4, 0.5) is 23.8 Å². The summed E-state index contributed by atoms with van der Waals surface area (Å²) in [6.45, 7) is 3.67. The molecule has 10 heteroatoms. The van der Waals surface area contributed by atoms with E-state index in [2.05, 4.69) is 32.5 Å². The van der Waals surface area contributed by atoms with E-state index in [1.54, 1.807) is 0 Å². The first kappa shape index (κ1) is 22.5. The van der Waals surface area contributed by atoms with E-state index in [-0.39, 0.29) is 29.6 Å². The Balaban J connectivity index is 1.32. The average molecular weight is 473 g/mol. The number of fused-ring (bicyclic) bond motifs is 1. The Morgan fingerprint density at radius 3 is 2.76 bits per heavy atom. The number of anilines is 1. The highest BCUT2D eigenvalue weighted by Gasteiger charge is 2.29. The first-order chi connectivity index (χ1) is 16.4. The SMILES string of the molecule is CC1CCN(C(=O)NC2CCCC(Nc3nc(-c4c[nH]c5ncc(F)cc45)c(F)cc3F)C2)C1. The molecule has 7 nitrogen and oxygen atoms in total. The second-order valence-electron chi connectivity index (χ2n) is 9.40. The van der Waals surface area contributed by atoms with Crippen LogP contribution in [-0.4, -0.2) is 51.1 Å². The lowest BCUT2D eigenvalue weighted by atomic mass is 9.91. The molecule has 2 fully saturated rings. The minimum Gasteiger partial charge on any atom is -0.365 e. The van der Waals surface area contributed by atoms with Gasteiger partial charge in [0.1, 0.15) is 17.2 Å². The van der Waals surface area contributed by atoms with Gasteiger partial charge in [0.25, 0.3) is 0 Å². The summed E-state index contributed by atoms with van der Waals surface area (Å²) in [5.41, 5.74) is 0.595. The molecule has 1 aliphatic carbocycles. The van der Waals surface area contributed by atoms with Gasteiger partial charge in [-0.05, 0) is 44.1 Å². The maximum atomic E-state index is 14.7. The van der Waals surface area contributed by atoms with Crippen molar-refractivity contribution in [2.24, 2.45) is 5.92 Å². The number of nitrogens with zero attached hydrogens (tertiary/aromatic N) is 3. The van der Waals surface area contributed by atoms with Crippen molar-refractivity contribution in [2.45, 2.75) is 51.1 Å². The number of aromatic nitrogens is 3. The second kappa shape index (κ2) is 9.15. The number of urea groups is 1. The van der Waals surface area contributed by atoms with Crippen LogP contribution in [0.2, 0.25) is 0 Å². The first-order valence-electron chi connectivity index (χ1n) is 11.7. The molecular formula is C24H27F3N6O. The fourth-order valence-corrected chi connectivity index (χ4v) is 4.96. The molecule has 3 unspecified atom stereocenters. The van der Waals surface area contributed by atoms with Crippen LogP contribution in [0.15, 0.2) is 24.5 Å². The van der Waals surface area contributed by atoms with Crippen LogP contribution in [0.1, 0.15) is 39.0 Å². The summed E-state index contributed by atoms with van der Waals surface area (Å²) in [7, 11) is 0. The van der Waals surface area contributed by atoms with Crippen molar-refractivity contribution < 1.29 is 18.0 Å². The van der Waals surface area contributed by atoms with Gasteiger partial charge in [0, 0.05) is 48.4 Å². The molecule has 0 spiro atoms. The lowest BCUT2D eigenvalue weighted by molar-refractivity contribution is 0.198. The molecule has 1 saturated heterocycles. The molecule has 5 rings (SSSR count). The number of aromatic amines is 1. The Bertz CT molecular complexity index is 1210. The molecule has 2 aliphatic rings. The van der Waals surface area contributed by atoms with Crippen LogP contribution in [0.3, 0.4) is 0 Å². The number of rotatable bonds is 4. The lowest BCUT2D eigenvalue weighted by Gasteiger charge is -2.32. The van der Waals surface area contributed by atoms with E-state index in [0.717, 1.165) is 51.0 Å². The van der Waals surface area contributed by atoms with Crippen molar-refractivity contribution in [3.8, 4) is 11.3 Å². The topological polar surface area (TPSA) is 85.9 Å². The van der Waals surface area contributed by atoms with Crippen LogP contribution in [0, 0.1) is 23.4 Å². The Hall–Kier alpha value is -3.30. The highest BCUT2D eigenvalue weighted by molar-refractivity contribution is 5.92. The molecule has 180 valence electrons. The highest BCUT2D eigenvalue weighted by atomic mass is 19.1. The summed E-state index contributed by atoms with van der Waals surface area (Å²) < 4.78 is 43.0. The maximum Gasteiger partial charge on any atom is 0.317 e. The van der Waals surface area contributed by atoms with Crippen molar-refractivity contribution in [1.82, 2.24) is 25.2 Å². The van der Waals surface area contributed by atoms with Gasteiger partial charge >= 0.3 is 6.03 Å². The minimum atomic E-state index is -0.846. The number of pyridine rings is 2. The van der Waals surface area contributed by atoms with Gasteiger partial charge < -0.3 is 20.5 Å². The highest BCUT2D eigenvalue weighted by Crippen LogP contribution is 2.32. The number of carbonyl (C=O) groups is 1. The molecule has 0 aromatic carbocycles. The van der Waals surface area contributed by atoms with E-state index in [0.29, 0.717) is 28.9 Å². The van der Waals surface area contributed by atoms with Crippen molar-refractivity contribution in [2.75, 3.05) is 18.4 Å². The normalized spacial score (nSPS) is 22.8. The van der Waals surface area contributed by atoms with E-state index in [1.165, 1.54) is 12.3 Å². The summed E-state index contributed by atoms with van der Waals surface area (Å²) in [6, 6.07) is 1.82. The summed E-state index contributed by atoms with van der Waals surface area (Å²) >= 11 is 0. The third-order valence-electron chi connectivity index (χ3n) is 6.74. The third-order valence-corrected chi connectivity index (χ3v) is 6.74. The molecule has 2 amide bonds. The third kappa shape index (κ3) is 4.53. The number of hydrogen-bond acceptors (Lipinski definition) is 4. The molecule has 1 aliphatic heterocycles. The molecule has 3 aromatic rings. The van der Waals surface area contributed by atoms with E-state index < -0.39 is 17.5 Å². The summed E-state index contributed by atoms with van der Waals surface area (Å²) in [5, 5.41) is 6.57. The van der Waals surface area contributed by atoms with Gasteiger partial charge in [-0.15, -0.1) is 0 Å². The van der Waals surface area contributed by atoms with Gasteiger partial charge in [0.15, 0.2) is 17.5 Å². The Kier molecular flexibility index (Phi) is 6.05. The largest absolute Gasteiger partial charge is 0.365 e. The van der Waals surface area contributed by atoms with Crippen molar-refractivity contribution in [1.29, 1.82) is 0 Å². The lowest BCUT2D eigenvalue weighted by Crippen LogP contribution is -2.47. The summed E-state index contributed by atoms with van der Waals surface area (Å²) in [5.74, 6) is -1.77. The van der Waals surface area contributed by atoms with E-state index in [4.69, 9.17) is 0 Å². The maximum absolute atomic E-state index is 14.7. The zero-order valence-corrected chi connectivity index (χ0v) is 18.9. The molecule has 0 bridgehead atoms. The predicted molar refractivity (Wildman–Crippen MR) is 123 cm³/mol. The van der Waals surface area contributed by atoms with Gasteiger partial charge in [-0.3, -0.25) is 0 Å². The van der Waals surface area contributed by atoms with E-state index >= 15 is 0 Å². The number of hydrogen-bond donors (Lipinski definition) is 3. The number of halogens is 3. The number of nitrogens with one attached hydrogen (secondary N) is 3. The Morgan fingerprint density at radius 1 is 1.15 bits per heavy atom. The van der Waals surface area contributed by atoms with Crippen LogP contribution in [0.25, 0.3) is 22.3 Å². The molecule has 34 heavy (non-hydrogen) atoms. The number of H-pyrrole nitrogens is 1. The van der Waals surface area contributed by atoms with Crippen LogP contribution >= 0.6 is 0 Å². The second-order valence-corrected chi connectivity index (χ2v) is 9.40. The van der Waals surface area contributed by atoms with Gasteiger partial charge in [-0.1, -0.05) is 6.92 Å². The standard InChI is InChI=1S/C24H27F3N6O/c1-13-5-6-33(12-13)24(34)31-16-4-2-3-15(8-16)30-23-20(27)9-19(26)21(32-23)18-11-29-22-17(18)7-14(25)10-28-22/h7,9-11,13,15-16H,2-6,8,12H2,1H3,(H,28,29)(H,30,32)(H,31,34). The monoisotopic (exact) mass is 472 g/mol. The molecule has 3 atom stereocenters. The van der Waals surface area contributed by atoms with Gasteiger partial charge in [0.05, 0.1) is 6.20 Å². The molecule has 3 N–H and O–H groups in total. The van der Waals surface area contributed by atoms with Crippen molar-refractivity contribution >= 4 is 22.9 Å². The molecule has 3 aromatic heterocycles. The Morgan fingerprint density at radius 2 is 1.97 bits per heavy atom. The zero-order chi connectivity index (χ0) is 23.8. The van der Waals surface area contributed by atoms with Crippen LogP contribution in [-0.2, 0) is 0 Å². The fraction of sp³-hybridized carbons (Fsp3) is 0.458. The summed E-state index contributed by atoms with van der Waals surface area (Å²) in [4.78, 5) is 25.4. The number of likely N-dealkylation sites (tertiary alicyclic amines) is 1. The fourth-order valence-electron chi connectivity index (χ4n) is 4.96. The molecule has 1 saturated carbocycles. The van der Waals surface area contributed by atoms with Gasteiger partial charge in [0.2, 0.25) is 0 Å². The minimum absolute atomic E-state index is 0.0275. The van der Waals surface area contributed by atoms with Crippen molar-refractivity contribution in [3.63, 3.8) is 0 Å². The first-order valence-corrected chi connectivity index (χ1v) is 11.7. The Labute approximate surface area is 195 Å². The van der Waals surface area contributed by atoms with Crippen molar-refractivity contribution in [3.05, 3.63) is 42.0 Å². The molecular weight excluding hydrogens is 445 g/mol. The zero-order valence-electron chi connectivity index (χ0n) is 18.9. The van der Waals surface area contributed by atoms with Crippen LogP contribution in [0.5, 0.6) is 0 Å². The molecule has 4 heterocycles. The average Bonchev–Trinajstić information content (AvgIpc) is 3.42. The number of amides is 2. The van der Waals surface area contributed by atoms with Gasteiger partial charge in [-0.2, -0.15) is 0 Å². The predicted octanol–water partition coefficient (Wildman–Crippen LogP) is 4.82. The smallest absolute Gasteiger partial charge is 0.317 e. The molecule has 0 radical (unpaired) electrons. The van der Waals surface area contributed by atoms with E-state index in [9.17, 15) is 18.0 Å². The summed E-state index contributed by atoms with van der Waals surface area (Å²) in [6.07, 6.45) is 6.67. The number of carbonyl (C=O) groups excluding carboxylic acids is 1. The van der Waals surface area contributed by atoms with Crippen LogP contribution < -0.4 is 10.6 Å².